The van der Waals surface area contributed by atoms with Crippen molar-refractivity contribution in [1.82, 2.24) is 10.1 Å². The second-order valence-corrected chi connectivity index (χ2v) is 19.1. The minimum atomic E-state index is -0.151. The topological polar surface area (TPSA) is 87.1 Å². The predicted octanol–water partition coefficient (Wildman–Crippen LogP) is 14.4. The zero-order valence-electron chi connectivity index (χ0n) is 32.6. The van der Waals surface area contributed by atoms with Gasteiger partial charge < -0.3 is 10.4 Å². The first kappa shape index (κ1) is 69.1. The molecule has 0 saturated carbocycles. The van der Waals surface area contributed by atoms with Crippen molar-refractivity contribution in [2.24, 2.45) is 0 Å². The number of nitrogens with zero attached hydrogens (tertiary/aromatic N) is 4. The molecule has 0 bridgehead atoms. The van der Waals surface area contributed by atoms with Crippen LogP contribution >= 0.6 is 0 Å². The van der Waals surface area contributed by atoms with Gasteiger partial charge in [0, 0.05) is 134 Å². The minimum absolute atomic E-state index is 0. The third kappa shape index (κ3) is 18.2. The summed E-state index contributed by atoms with van der Waals surface area (Å²) in [5, 5.41) is 22.6. The van der Waals surface area contributed by atoms with Crippen LogP contribution in [0.15, 0.2) is 0 Å². The average Bonchev–Trinajstić information content (AvgIpc) is 2.84. The van der Waals surface area contributed by atoms with Crippen LogP contribution in [0.1, 0.15) is 243 Å². The maximum absolute atomic E-state index is 11.7. The summed E-state index contributed by atoms with van der Waals surface area (Å²) in [4.78, 5) is 23.4. The molecule has 323 valence electrons. The SMILES string of the molecule is C.C.C.C.C.C.C.CC1(C)CCCC(C)(C)N1O.CC1(C)CCCC(C)(C)N1O.CC1(C)CCCC(C)(C)[N+]1=O.CC1(C)CCCC(C)(C)[N+]1=O.[B].[HH].[HH]. The van der Waals surface area contributed by atoms with Crippen molar-refractivity contribution in [3.05, 3.63) is 9.81 Å². The molecule has 52 heavy (non-hydrogen) atoms. The van der Waals surface area contributed by atoms with Crippen LogP contribution in [0.25, 0.3) is 0 Å². The Labute approximate surface area is 334 Å². The molecular formula is C43H106BN4O4+2. The van der Waals surface area contributed by atoms with Gasteiger partial charge in [0.05, 0.1) is 0 Å². The van der Waals surface area contributed by atoms with E-state index in [1.54, 1.807) is 0 Å². The van der Waals surface area contributed by atoms with E-state index in [2.05, 4.69) is 55.4 Å². The Hall–Kier alpha value is -0.895. The predicted molar refractivity (Wildman–Crippen MR) is 240 cm³/mol. The van der Waals surface area contributed by atoms with Gasteiger partial charge in [-0.25, -0.2) is 0 Å². The molecule has 2 N–H and O–H groups in total. The van der Waals surface area contributed by atoms with Crippen molar-refractivity contribution in [2.75, 3.05) is 0 Å². The van der Waals surface area contributed by atoms with Gasteiger partial charge in [-0.2, -0.15) is 10.1 Å². The van der Waals surface area contributed by atoms with Gasteiger partial charge in [0.15, 0.2) is 0 Å². The molecule has 4 fully saturated rings. The van der Waals surface area contributed by atoms with Gasteiger partial charge in [0.25, 0.3) is 0 Å². The summed E-state index contributed by atoms with van der Waals surface area (Å²) in [6, 6.07) is 0. The monoisotopic (exact) mass is 754 g/mol. The summed E-state index contributed by atoms with van der Waals surface area (Å²) >= 11 is 0. The first-order valence-electron chi connectivity index (χ1n) is 17.4. The first-order chi connectivity index (χ1) is 19.4. The van der Waals surface area contributed by atoms with E-state index < -0.39 is 0 Å². The number of piperidine rings is 4. The maximum Gasteiger partial charge on any atom is 0.205 e. The molecule has 4 aliphatic heterocycles. The van der Waals surface area contributed by atoms with Crippen molar-refractivity contribution in [3.8, 4) is 0 Å². The van der Waals surface area contributed by atoms with E-state index in [9.17, 15) is 20.2 Å². The highest BCUT2D eigenvalue weighted by Crippen LogP contribution is 2.38. The van der Waals surface area contributed by atoms with Crippen molar-refractivity contribution in [1.29, 1.82) is 0 Å². The molecule has 0 atom stereocenters. The second kappa shape index (κ2) is 23.9. The molecule has 0 unspecified atom stereocenters. The fourth-order valence-electron chi connectivity index (χ4n) is 7.92. The number of hydrogen-bond donors (Lipinski definition) is 2. The molecule has 9 heteroatoms. The van der Waals surface area contributed by atoms with Crippen molar-refractivity contribution >= 4 is 8.41 Å². The minimum Gasteiger partial charge on any atom is -0.313 e. The maximum atomic E-state index is 11.7. The highest BCUT2D eigenvalue weighted by atomic mass is 16.5. The van der Waals surface area contributed by atoms with E-state index >= 15 is 0 Å². The zero-order valence-corrected chi connectivity index (χ0v) is 32.6. The highest BCUT2D eigenvalue weighted by Gasteiger charge is 2.51. The van der Waals surface area contributed by atoms with Crippen LogP contribution in [-0.2, 0) is 0 Å². The summed E-state index contributed by atoms with van der Waals surface area (Å²) in [6.45, 7) is 33.0. The van der Waals surface area contributed by atoms with Gasteiger partial charge in [-0.3, -0.25) is 0 Å². The molecule has 4 rings (SSSR count). The second-order valence-electron chi connectivity index (χ2n) is 19.1. The molecule has 0 aromatic heterocycles. The Morgan fingerprint density at radius 3 is 0.615 bits per heavy atom. The molecule has 4 heterocycles. The molecule has 4 aliphatic rings. The fourth-order valence-corrected chi connectivity index (χ4v) is 7.92. The Morgan fingerprint density at radius 1 is 0.365 bits per heavy atom. The van der Waals surface area contributed by atoms with Gasteiger partial charge in [0.1, 0.15) is 0 Å². The Morgan fingerprint density at radius 2 is 0.500 bits per heavy atom. The lowest BCUT2D eigenvalue weighted by Gasteiger charge is -2.48. The lowest BCUT2D eigenvalue weighted by Crippen LogP contribution is -2.56. The summed E-state index contributed by atoms with van der Waals surface area (Å²) < 4.78 is 2.53. The molecule has 0 aromatic carbocycles. The quantitative estimate of drug-likeness (QED) is 0.189. The van der Waals surface area contributed by atoms with Crippen LogP contribution in [0.5, 0.6) is 0 Å². The van der Waals surface area contributed by atoms with Crippen LogP contribution < -0.4 is 0 Å². The summed E-state index contributed by atoms with van der Waals surface area (Å²) in [6.07, 6.45) is 13.3. The fraction of sp³-hybridized carbons (Fsp3) is 1.00. The lowest BCUT2D eigenvalue weighted by atomic mass is 9.82. The van der Waals surface area contributed by atoms with Crippen LogP contribution in [0.2, 0.25) is 0 Å². The summed E-state index contributed by atoms with van der Waals surface area (Å²) in [5.74, 6) is 0. The van der Waals surface area contributed by atoms with E-state index in [0.717, 1.165) is 51.4 Å². The molecule has 0 spiro atoms. The van der Waals surface area contributed by atoms with E-state index in [1.165, 1.54) is 45.3 Å². The van der Waals surface area contributed by atoms with E-state index in [-0.39, 0.29) is 108 Å². The van der Waals surface area contributed by atoms with Crippen molar-refractivity contribution in [2.45, 2.75) is 284 Å². The molecule has 8 nitrogen and oxygen atoms in total. The van der Waals surface area contributed by atoms with Crippen LogP contribution in [0.3, 0.4) is 0 Å². The Kier molecular flexibility index (Phi) is 31.7. The standard InChI is InChI=1S/2C9H19NO.2C9H18NO.7CH4.B.2H2/c4*1-8(2)6-5-7-9(3,4)10(8)11;;;;;;;;;;/h2*11H,5-7H2,1-4H3;2*5-7H2,1-4H3;7*1H4;;2*1H/q;;2*+1;;;;;;;;;;. The molecule has 4 saturated heterocycles. The Balaban J connectivity index is -0.0000000563. The van der Waals surface area contributed by atoms with Crippen molar-refractivity contribution in [3.63, 3.8) is 0 Å². The first-order valence-corrected chi connectivity index (χ1v) is 17.4. The highest BCUT2D eigenvalue weighted by molar-refractivity contribution is 5.75. The van der Waals surface area contributed by atoms with E-state index in [4.69, 9.17) is 0 Å². The van der Waals surface area contributed by atoms with Crippen LogP contribution in [0.4, 0.5) is 0 Å². The number of nitroso groups, excluding NO2 is 2. The molecule has 0 aromatic rings. The van der Waals surface area contributed by atoms with Crippen LogP contribution in [0, 0.1) is 9.81 Å². The van der Waals surface area contributed by atoms with E-state index in [1.807, 2.05) is 55.4 Å². The summed E-state index contributed by atoms with van der Waals surface area (Å²) in [7, 11) is 0. The Bertz CT molecular complexity index is 854. The van der Waals surface area contributed by atoms with Gasteiger partial charge in [-0.15, -0.1) is 0 Å². The number of rotatable bonds is 0. The van der Waals surface area contributed by atoms with Gasteiger partial charge in [-0.1, -0.05) is 52.0 Å². The third-order valence-electron chi connectivity index (χ3n) is 10.8. The third-order valence-corrected chi connectivity index (χ3v) is 10.8. The van der Waals surface area contributed by atoms with E-state index in [0.29, 0.717) is 0 Å². The number of hydrogen-bond acceptors (Lipinski definition) is 6. The molecular weight excluding hydrogens is 647 g/mol. The van der Waals surface area contributed by atoms with Crippen molar-refractivity contribution < 1.29 is 22.8 Å². The summed E-state index contributed by atoms with van der Waals surface area (Å²) in [5.41, 5.74) is -0.764. The largest absolute Gasteiger partial charge is 0.313 e. The van der Waals surface area contributed by atoms with Crippen LogP contribution in [-0.4, -0.2) is 82.8 Å². The van der Waals surface area contributed by atoms with Gasteiger partial charge >= 0.3 is 0 Å². The van der Waals surface area contributed by atoms with Gasteiger partial charge in [0.2, 0.25) is 22.2 Å². The van der Waals surface area contributed by atoms with Gasteiger partial charge in [-0.05, 0) is 107 Å². The number of hydroxylamine groups is 4. The normalized spacial score (nSPS) is 24.9. The molecule has 0 aliphatic carbocycles. The lowest BCUT2D eigenvalue weighted by molar-refractivity contribution is -0.692. The average molecular weight is 754 g/mol. The zero-order chi connectivity index (χ0) is 34.8. The smallest absolute Gasteiger partial charge is 0.205 e. The molecule has 0 amide bonds. The molecule has 3 radical (unpaired) electrons.